The lowest BCUT2D eigenvalue weighted by Gasteiger charge is -2.41. The number of carboxylic acid groups (broad SMARTS) is 1. The van der Waals surface area contributed by atoms with Gasteiger partial charge in [-0.15, -0.1) is 0 Å². The molecule has 2 aromatic rings. The van der Waals surface area contributed by atoms with E-state index in [0.29, 0.717) is 17.6 Å². The Balaban J connectivity index is 1.50. The number of hydrogen-bond acceptors (Lipinski definition) is 6. The lowest BCUT2D eigenvalue weighted by molar-refractivity contribution is -0.141. The van der Waals surface area contributed by atoms with Crippen LogP contribution in [0, 0.1) is 6.92 Å². The van der Waals surface area contributed by atoms with Crippen molar-refractivity contribution < 1.29 is 28.6 Å². The Morgan fingerprint density at radius 3 is 2.61 bits per heavy atom. The average molecular weight is 500 g/mol. The SMILES string of the molecule is Cc1c(CC(=O)N[C@@H](CCCNC(N)=O)C(=O)O)c(=O)oc2cc3c(cc12)CCC1(CCCCC1)O3. The van der Waals surface area contributed by atoms with Crippen LogP contribution in [-0.2, 0) is 22.4 Å². The number of carbonyl (C=O) groups is 3. The molecule has 194 valence electrons. The van der Waals surface area contributed by atoms with E-state index in [-0.39, 0.29) is 30.6 Å². The van der Waals surface area contributed by atoms with Crippen LogP contribution >= 0.6 is 0 Å². The molecule has 1 aliphatic heterocycles. The number of ether oxygens (including phenoxy) is 1. The monoisotopic (exact) mass is 499 g/mol. The number of nitrogens with one attached hydrogen (secondary N) is 2. The molecule has 1 aromatic heterocycles. The smallest absolute Gasteiger partial charge is 0.340 e. The average Bonchev–Trinajstić information content (AvgIpc) is 2.83. The first-order valence-electron chi connectivity index (χ1n) is 12.5. The Morgan fingerprint density at radius 2 is 1.92 bits per heavy atom. The van der Waals surface area contributed by atoms with E-state index in [0.717, 1.165) is 55.2 Å². The van der Waals surface area contributed by atoms with Gasteiger partial charge in [0.25, 0.3) is 0 Å². The molecule has 2 aliphatic rings. The lowest BCUT2D eigenvalue weighted by atomic mass is 9.79. The van der Waals surface area contributed by atoms with Gasteiger partial charge in [0.15, 0.2) is 0 Å². The van der Waals surface area contributed by atoms with E-state index in [2.05, 4.69) is 10.6 Å². The number of benzene rings is 1. The van der Waals surface area contributed by atoms with Crippen molar-refractivity contribution in [3.8, 4) is 5.75 Å². The highest BCUT2D eigenvalue weighted by Crippen LogP contribution is 2.43. The van der Waals surface area contributed by atoms with Crippen LogP contribution in [0.1, 0.15) is 68.1 Å². The van der Waals surface area contributed by atoms with E-state index in [1.54, 1.807) is 13.0 Å². The van der Waals surface area contributed by atoms with Crippen molar-refractivity contribution in [3.63, 3.8) is 0 Å². The van der Waals surface area contributed by atoms with E-state index >= 15 is 0 Å². The van der Waals surface area contributed by atoms with E-state index in [1.807, 2.05) is 6.07 Å². The minimum Gasteiger partial charge on any atom is -0.487 e. The Kier molecular flexibility index (Phi) is 7.51. The largest absolute Gasteiger partial charge is 0.487 e. The highest BCUT2D eigenvalue weighted by Gasteiger charge is 2.37. The number of nitrogens with two attached hydrogens (primary N) is 1. The van der Waals surface area contributed by atoms with Crippen molar-refractivity contribution in [2.75, 3.05) is 6.54 Å². The molecule has 1 aromatic carbocycles. The summed E-state index contributed by atoms with van der Waals surface area (Å²) >= 11 is 0. The maximum absolute atomic E-state index is 12.8. The van der Waals surface area contributed by atoms with Crippen LogP contribution < -0.4 is 26.7 Å². The van der Waals surface area contributed by atoms with Crippen LogP contribution in [0.3, 0.4) is 0 Å². The zero-order valence-electron chi connectivity index (χ0n) is 20.5. The molecule has 10 nitrogen and oxygen atoms in total. The van der Waals surface area contributed by atoms with Gasteiger partial charge in [0.1, 0.15) is 23.0 Å². The second-order valence-electron chi connectivity index (χ2n) is 9.86. The topological polar surface area (TPSA) is 161 Å². The number of amides is 3. The summed E-state index contributed by atoms with van der Waals surface area (Å²) in [5, 5.41) is 15.0. The number of carbonyl (C=O) groups excluding carboxylic acids is 2. The second kappa shape index (κ2) is 10.6. The van der Waals surface area contributed by atoms with Crippen molar-refractivity contribution in [2.24, 2.45) is 5.73 Å². The molecule has 36 heavy (non-hydrogen) atoms. The van der Waals surface area contributed by atoms with Crippen LogP contribution in [-0.4, -0.2) is 41.2 Å². The number of urea groups is 1. The molecule has 0 radical (unpaired) electrons. The summed E-state index contributed by atoms with van der Waals surface area (Å²) in [5.41, 5.74) is 6.54. The van der Waals surface area contributed by atoms with Crippen molar-refractivity contribution in [3.05, 3.63) is 39.2 Å². The van der Waals surface area contributed by atoms with Gasteiger partial charge >= 0.3 is 17.6 Å². The predicted molar refractivity (Wildman–Crippen MR) is 132 cm³/mol. The van der Waals surface area contributed by atoms with E-state index < -0.39 is 29.6 Å². The van der Waals surface area contributed by atoms with Gasteiger partial charge in [-0.3, -0.25) is 4.79 Å². The predicted octanol–water partition coefficient (Wildman–Crippen LogP) is 2.69. The third kappa shape index (κ3) is 5.63. The minimum absolute atomic E-state index is 0.0975. The molecule has 1 saturated carbocycles. The highest BCUT2D eigenvalue weighted by atomic mass is 16.5. The summed E-state index contributed by atoms with van der Waals surface area (Å²) in [6.45, 7) is 1.96. The number of carboxylic acids is 1. The quantitative estimate of drug-likeness (QED) is 0.321. The van der Waals surface area contributed by atoms with Gasteiger partial charge < -0.3 is 30.6 Å². The summed E-state index contributed by atoms with van der Waals surface area (Å²) in [4.78, 5) is 47.7. The van der Waals surface area contributed by atoms with Gasteiger partial charge in [-0.1, -0.05) is 6.42 Å². The van der Waals surface area contributed by atoms with Crippen LogP contribution in [0.15, 0.2) is 21.3 Å². The van der Waals surface area contributed by atoms with Crippen LogP contribution in [0.4, 0.5) is 4.79 Å². The fourth-order valence-electron chi connectivity index (χ4n) is 5.33. The van der Waals surface area contributed by atoms with Crippen molar-refractivity contribution in [1.82, 2.24) is 10.6 Å². The van der Waals surface area contributed by atoms with Crippen LogP contribution in [0.5, 0.6) is 5.75 Å². The molecular formula is C26H33N3O7. The number of hydrogen-bond donors (Lipinski definition) is 4. The molecule has 0 unspecified atom stereocenters. The third-order valence-electron chi connectivity index (χ3n) is 7.35. The highest BCUT2D eigenvalue weighted by molar-refractivity contribution is 5.88. The maximum Gasteiger partial charge on any atom is 0.340 e. The Hall–Kier alpha value is -3.56. The van der Waals surface area contributed by atoms with Gasteiger partial charge in [0, 0.05) is 18.0 Å². The first-order chi connectivity index (χ1) is 17.2. The van der Waals surface area contributed by atoms with Gasteiger partial charge in [0.2, 0.25) is 5.91 Å². The summed E-state index contributed by atoms with van der Waals surface area (Å²) in [5.74, 6) is -1.04. The summed E-state index contributed by atoms with van der Waals surface area (Å²) in [7, 11) is 0. The summed E-state index contributed by atoms with van der Waals surface area (Å²) in [6, 6.07) is 1.91. The molecule has 3 amide bonds. The molecular weight excluding hydrogens is 466 g/mol. The third-order valence-corrected chi connectivity index (χ3v) is 7.35. The number of primary amides is 1. The van der Waals surface area contributed by atoms with Gasteiger partial charge in [0.05, 0.1) is 12.0 Å². The van der Waals surface area contributed by atoms with E-state index in [4.69, 9.17) is 14.9 Å². The maximum atomic E-state index is 12.8. The fourth-order valence-corrected chi connectivity index (χ4v) is 5.33. The van der Waals surface area contributed by atoms with E-state index in [9.17, 15) is 24.3 Å². The molecule has 0 saturated heterocycles. The normalized spacial score (nSPS) is 17.1. The van der Waals surface area contributed by atoms with Crippen LogP contribution in [0.25, 0.3) is 11.0 Å². The number of rotatable bonds is 8. The summed E-state index contributed by atoms with van der Waals surface area (Å²) in [6.07, 6.45) is 7.59. The van der Waals surface area contributed by atoms with Crippen molar-refractivity contribution in [2.45, 2.75) is 82.8 Å². The number of aliphatic carboxylic acids is 1. The summed E-state index contributed by atoms with van der Waals surface area (Å²) < 4.78 is 12.0. The van der Waals surface area contributed by atoms with Gasteiger partial charge in [-0.25, -0.2) is 14.4 Å². The molecule has 1 atom stereocenters. The van der Waals surface area contributed by atoms with Gasteiger partial charge in [-0.05, 0) is 75.5 Å². The Morgan fingerprint density at radius 1 is 1.17 bits per heavy atom. The molecule has 10 heteroatoms. The van der Waals surface area contributed by atoms with Crippen LogP contribution in [0.2, 0.25) is 0 Å². The zero-order valence-corrected chi connectivity index (χ0v) is 20.5. The lowest BCUT2D eigenvalue weighted by Crippen LogP contribution is -2.42. The fraction of sp³-hybridized carbons (Fsp3) is 0.538. The van der Waals surface area contributed by atoms with Gasteiger partial charge in [-0.2, -0.15) is 0 Å². The molecule has 2 heterocycles. The number of aryl methyl sites for hydroxylation is 2. The molecule has 5 N–H and O–H groups in total. The minimum atomic E-state index is -1.20. The van der Waals surface area contributed by atoms with Crippen molar-refractivity contribution in [1.29, 1.82) is 0 Å². The van der Waals surface area contributed by atoms with E-state index in [1.165, 1.54) is 6.42 Å². The Bertz CT molecular complexity index is 1230. The standard InChI is InChI=1S/C26H33N3O7/c1-15-17-12-16-7-10-26(8-3-2-4-9-26)36-20(16)14-21(17)35-24(33)18(15)13-22(30)29-19(23(31)32)6-5-11-28-25(27)34/h12,14,19H,2-11,13H2,1H3,(H,29,30)(H,31,32)(H3,27,28,34)/t19-/m0/s1. The number of fused-ring (bicyclic) bond motifs is 2. The molecule has 0 bridgehead atoms. The zero-order chi connectivity index (χ0) is 25.9. The molecule has 1 aliphatic carbocycles. The van der Waals surface area contributed by atoms with Crippen molar-refractivity contribution >= 4 is 28.9 Å². The molecule has 4 rings (SSSR count). The molecule has 1 spiro atoms. The first-order valence-corrected chi connectivity index (χ1v) is 12.5. The molecule has 1 fully saturated rings. The second-order valence-corrected chi connectivity index (χ2v) is 9.86. The first kappa shape index (κ1) is 25.5. The Labute approximate surface area is 208 Å².